The maximum atomic E-state index is 12.5. The van der Waals surface area contributed by atoms with E-state index in [9.17, 15) is 18.3 Å². The van der Waals surface area contributed by atoms with Crippen molar-refractivity contribution in [1.29, 1.82) is 0 Å². The van der Waals surface area contributed by atoms with Crippen molar-refractivity contribution in [3.05, 3.63) is 11.6 Å². The van der Waals surface area contributed by atoms with Crippen molar-refractivity contribution in [3.8, 4) is 0 Å². The van der Waals surface area contributed by atoms with Gasteiger partial charge in [-0.05, 0) is 68.1 Å². The lowest BCUT2D eigenvalue weighted by Crippen LogP contribution is -2.50. The van der Waals surface area contributed by atoms with Crippen LogP contribution in [0.4, 0.5) is 0 Å². The molecule has 0 radical (unpaired) electrons. The normalized spacial score (nSPS) is 48.4. The van der Waals surface area contributed by atoms with Crippen LogP contribution in [-0.2, 0) is 19.4 Å². The average molecular weight is 384 g/mol. The van der Waals surface area contributed by atoms with Crippen LogP contribution in [0, 0.1) is 28.6 Å². The van der Waals surface area contributed by atoms with Crippen molar-refractivity contribution < 1.29 is 27.1 Å². The second-order valence-electron chi connectivity index (χ2n) is 9.22. The molecule has 2 N–H and O–H groups in total. The maximum absolute atomic E-state index is 12.5. The Morgan fingerprint density at radius 3 is 2.54 bits per heavy atom. The summed E-state index contributed by atoms with van der Waals surface area (Å²) in [5.74, 6) is 1.09. The number of Topliss-reactive ketones (excluding diaryl/α,β-unsaturated/α-hetero) is 1. The molecule has 4 aliphatic carbocycles. The van der Waals surface area contributed by atoms with E-state index >= 15 is 0 Å². The van der Waals surface area contributed by atoms with Gasteiger partial charge < -0.3 is 5.11 Å². The lowest BCUT2D eigenvalue weighted by Gasteiger charge is -2.56. The number of carbonyl (C=O) groups excluding carboxylic acids is 1. The Labute approximate surface area is 155 Å². The van der Waals surface area contributed by atoms with Crippen LogP contribution in [0.1, 0.15) is 58.8 Å². The molecule has 0 aromatic rings. The number of hydrogen-bond acceptors (Lipinski definition) is 5. The van der Waals surface area contributed by atoms with E-state index in [2.05, 4.69) is 13.0 Å². The second-order valence-corrected chi connectivity index (χ2v) is 10.3. The van der Waals surface area contributed by atoms with Gasteiger partial charge in [-0.2, -0.15) is 8.42 Å². The van der Waals surface area contributed by atoms with Gasteiger partial charge in [-0.15, -0.1) is 0 Å². The van der Waals surface area contributed by atoms with Crippen LogP contribution in [0.5, 0.6) is 0 Å². The molecule has 0 spiro atoms. The third kappa shape index (κ3) is 2.70. The molecule has 0 bridgehead atoms. The van der Waals surface area contributed by atoms with Crippen LogP contribution in [0.15, 0.2) is 11.6 Å². The first-order valence-corrected chi connectivity index (χ1v) is 11.0. The Hall–Kier alpha value is -0.760. The molecular weight excluding hydrogens is 356 g/mol. The van der Waals surface area contributed by atoms with Crippen molar-refractivity contribution in [3.63, 3.8) is 0 Å². The Morgan fingerprint density at radius 1 is 1.15 bits per heavy atom. The number of aliphatic hydroxyl groups excluding tert-OH is 1. The van der Waals surface area contributed by atoms with Crippen LogP contribution in [0.3, 0.4) is 0 Å². The highest BCUT2D eigenvalue weighted by Crippen LogP contribution is 2.64. The fourth-order valence-corrected chi connectivity index (χ4v) is 7.18. The highest BCUT2D eigenvalue weighted by molar-refractivity contribution is 7.80. The van der Waals surface area contributed by atoms with Crippen molar-refractivity contribution in [2.24, 2.45) is 28.6 Å². The van der Waals surface area contributed by atoms with Gasteiger partial charge in [-0.3, -0.25) is 9.35 Å². The predicted octanol–water partition coefficient (Wildman–Crippen LogP) is 2.68. The second kappa shape index (κ2) is 5.87. The van der Waals surface area contributed by atoms with Crippen LogP contribution < -0.4 is 0 Å². The van der Waals surface area contributed by atoms with E-state index in [1.807, 2.05) is 6.92 Å². The zero-order valence-electron chi connectivity index (χ0n) is 15.3. The summed E-state index contributed by atoms with van der Waals surface area (Å²) in [6.45, 7) is 4.29. The minimum atomic E-state index is -4.43. The molecule has 6 nitrogen and oxygen atoms in total. The van der Waals surface area contributed by atoms with Gasteiger partial charge in [0.1, 0.15) is 6.10 Å². The maximum Gasteiger partial charge on any atom is 0.397 e. The number of hydrogen-bond donors (Lipinski definition) is 2. The highest BCUT2D eigenvalue weighted by atomic mass is 32.3. The monoisotopic (exact) mass is 384 g/mol. The number of ketones is 1. The number of fused-ring (bicyclic) bond motifs is 5. The first kappa shape index (κ1) is 18.6. The van der Waals surface area contributed by atoms with E-state index in [1.165, 1.54) is 5.57 Å². The summed E-state index contributed by atoms with van der Waals surface area (Å²) in [4.78, 5) is 12.5. The first-order chi connectivity index (χ1) is 12.0. The minimum absolute atomic E-state index is 0.0140. The van der Waals surface area contributed by atoms with E-state index in [-0.39, 0.29) is 17.1 Å². The molecule has 0 aliphatic heterocycles. The Bertz CT molecular complexity index is 758. The molecule has 4 aliphatic rings. The van der Waals surface area contributed by atoms with Crippen LogP contribution in [0.2, 0.25) is 0 Å². The quantitative estimate of drug-likeness (QED) is 0.561. The standard InChI is InChI=1S/C19H28O6S/c1-18-7-5-12(25-26(22,23)24)9-11(18)3-4-13-14(18)6-8-19(2)15(13)10-16(20)17(19)21/h3,12-16,20H,4-10H2,1-2H3,(H,22,23,24)/t12-,13+,14-,15-,16+,18-,19-/m0/s1. The third-order valence-corrected chi connectivity index (χ3v) is 8.56. The smallest absolute Gasteiger partial charge is 0.385 e. The molecule has 0 unspecified atom stereocenters. The van der Waals surface area contributed by atoms with Crippen molar-refractivity contribution in [2.75, 3.05) is 0 Å². The van der Waals surface area contributed by atoms with Gasteiger partial charge in [-0.1, -0.05) is 25.5 Å². The predicted molar refractivity (Wildman–Crippen MR) is 94.5 cm³/mol. The molecule has 0 aromatic heterocycles. The summed E-state index contributed by atoms with van der Waals surface area (Å²) in [6, 6.07) is 0. The Morgan fingerprint density at radius 2 is 1.85 bits per heavy atom. The van der Waals surface area contributed by atoms with E-state index in [4.69, 9.17) is 8.74 Å². The third-order valence-electron chi connectivity index (χ3n) is 8.05. The summed E-state index contributed by atoms with van der Waals surface area (Å²) in [7, 11) is -4.43. The molecule has 7 atom stereocenters. The highest BCUT2D eigenvalue weighted by Gasteiger charge is 2.61. The minimum Gasteiger partial charge on any atom is -0.385 e. The Balaban J connectivity index is 1.60. The van der Waals surface area contributed by atoms with Crippen molar-refractivity contribution in [2.45, 2.75) is 71.0 Å². The van der Waals surface area contributed by atoms with Gasteiger partial charge in [0.15, 0.2) is 5.78 Å². The number of carbonyl (C=O) groups is 1. The van der Waals surface area contributed by atoms with Gasteiger partial charge in [0.2, 0.25) is 0 Å². The van der Waals surface area contributed by atoms with Gasteiger partial charge in [0, 0.05) is 5.41 Å². The molecule has 0 aromatic carbocycles. The van der Waals surface area contributed by atoms with Gasteiger partial charge >= 0.3 is 10.4 Å². The zero-order valence-corrected chi connectivity index (χ0v) is 16.2. The van der Waals surface area contributed by atoms with Gasteiger partial charge in [0.05, 0.1) is 6.10 Å². The van der Waals surface area contributed by atoms with E-state index in [1.54, 1.807) is 0 Å². The summed E-state index contributed by atoms with van der Waals surface area (Å²) >= 11 is 0. The zero-order chi connectivity index (χ0) is 18.9. The summed E-state index contributed by atoms with van der Waals surface area (Å²) in [6.07, 6.45) is 6.07. The summed E-state index contributed by atoms with van der Waals surface area (Å²) in [5, 5.41) is 10.2. The number of rotatable bonds is 2. The average Bonchev–Trinajstić information content (AvgIpc) is 2.77. The molecule has 0 saturated heterocycles. The molecule has 0 heterocycles. The van der Waals surface area contributed by atoms with Crippen LogP contribution in [0.25, 0.3) is 0 Å². The molecule has 3 fully saturated rings. The fraction of sp³-hybridized carbons (Fsp3) is 0.842. The lowest BCUT2D eigenvalue weighted by molar-refractivity contribution is -0.136. The lowest BCUT2D eigenvalue weighted by atomic mass is 9.48. The molecule has 4 rings (SSSR count). The number of aliphatic hydroxyl groups is 1. The first-order valence-electron chi connectivity index (χ1n) is 9.62. The summed E-state index contributed by atoms with van der Waals surface area (Å²) in [5.41, 5.74) is 0.820. The van der Waals surface area contributed by atoms with Crippen molar-refractivity contribution >= 4 is 16.2 Å². The van der Waals surface area contributed by atoms with Gasteiger partial charge in [-0.25, -0.2) is 4.18 Å². The van der Waals surface area contributed by atoms with Gasteiger partial charge in [0.25, 0.3) is 0 Å². The van der Waals surface area contributed by atoms with E-state index in [0.29, 0.717) is 31.1 Å². The molecule has 26 heavy (non-hydrogen) atoms. The van der Waals surface area contributed by atoms with Crippen LogP contribution in [-0.4, -0.2) is 36.1 Å². The van der Waals surface area contributed by atoms with E-state index in [0.717, 1.165) is 25.7 Å². The largest absolute Gasteiger partial charge is 0.397 e. The summed E-state index contributed by atoms with van der Waals surface area (Å²) < 4.78 is 35.9. The molecular formula is C19H28O6S. The van der Waals surface area contributed by atoms with Crippen molar-refractivity contribution in [1.82, 2.24) is 0 Å². The molecule has 3 saturated carbocycles. The Kier molecular flexibility index (Phi) is 4.20. The SMILES string of the molecule is C[C@]12CC[C@H](OS(=O)(=O)O)CC1=CC[C@@H]1[C@@H]2CC[C@]2(C)C(=O)[C@H](O)C[C@@H]12. The molecule has 0 amide bonds. The fourth-order valence-electron chi connectivity index (χ4n) is 6.67. The van der Waals surface area contributed by atoms with E-state index < -0.39 is 28.0 Å². The molecule has 146 valence electrons. The molecule has 7 heteroatoms. The van der Waals surface area contributed by atoms with Crippen LogP contribution >= 0.6 is 0 Å². The topological polar surface area (TPSA) is 101 Å². The number of allylic oxidation sites excluding steroid dienone is 1.